The van der Waals surface area contributed by atoms with Gasteiger partial charge in [0.25, 0.3) is 0 Å². The van der Waals surface area contributed by atoms with Gasteiger partial charge in [-0.15, -0.1) is 0 Å². The van der Waals surface area contributed by atoms with Gasteiger partial charge in [-0.05, 0) is 65.5 Å². The van der Waals surface area contributed by atoms with Crippen LogP contribution < -0.4 is 10.6 Å². The van der Waals surface area contributed by atoms with Crippen LogP contribution in [0.4, 0.5) is 4.79 Å². The first-order chi connectivity index (χ1) is 18.8. The van der Waals surface area contributed by atoms with Gasteiger partial charge in [0.2, 0.25) is 11.8 Å². The van der Waals surface area contributed by atoms with Crippen molar-refractivity contribution in [2.75, 3.05) is 6.54 Å². The lowest BCUT2D eigenvalue weighted by Gasteiger charge is -2.35. The third kappa shape index (κ3) is 10.7. The molecule has 0 saturated heterocycles. The van der Waals surface area contributed by atoms with E-state index in [2.05, 4.69) is 30.5 Å². The highest BCUT2D eigenvalue weighted by atomic mass is 16.6. The van der Waals surface area contributed by atoms with E-state index in [0.29, 0.717) is 6.54 Å². The Morgan fingerprint density at radius 2 is 1.55 bits per heavy atom. The molecule has 0 bridgehead atoms. The van der Waals surface area contributed by atoms with E-state index in [1.54, 1.807) is 25.7 Å². The van der Waals surface area contributed by atoms with E-state index in [0.717, 1.165) is 47.9 Å². The van der Waals surface area contributed by atoms with Crippen LogP contribution in [0.15, 0.2) is 48.5 Å². The highest BCUT2D eigenvalue weighted by Gasteiger charge is 2.36. The first-order valence-corrected chi connectivity index (χ1v) is 14.6. The average molecular weight is 552 g/mol. The van der Waals surface area contributed by atoms with Crippen LogP contribution in [0, 0.1) is 13.8 Å². The van der Waals surface area contributed by atoms with Crippen molar-refractivity contribution in [1.29, 1.82) is 0 Å². The summed E-state index contributed by atoms with van der Waals surface area (Å²) in [5.41, 5.74) is 2.98. The number of nitrogens with zero attached hydrogens (tertiary/aromatic N) is 1. The standard InChI is InChI=1S/C33H49N3O4/c1-9-11-18-36(29(30(37)34-25(5)15-10-2)27-20-23(3)19-24(4)21-27)31(38)28(22-26-16-13-12-14-17-26)35-32(39)40-33(6,7)8/h12-14,16-17,19-21,25,28-29H,9-11,15,18,22H2,1-8H3,(H,34,37)(H,35,39). The van der Waals surface area contributed by atoms with Crippen molar-refractivity contribution in [2.24, 2.45) is 0 Å². The normalized spacial score (nSPS) is 13.6. The van der Waals surface area contributed by atoms with E-state index in [1.165, 1.54) is 0 Å². The monoisotopic (exact) mass is 551 g/mol. The van der Waals surface area contributed by atoms with E-state index < -0.39 is 23.8 Å². The van der Waals surface area contributed by atoms with Gasteiger partial charge in [-0.2, -0.15) is 0 Å². The Morgan fingerprint density at radius 3 is 2.10 bits per heavy atom. The molecule has 0 aliphatic carbocycles. The first kappa shape index (κ1) is 32.9. The Morgan fingerprint density at radius 1 is 0.925 bits per heavy atom. The SMILES string of the molecule is CCCCN(C(=O)C(Cc1ccccc1)NC(=O)OC(C)(C)C)C(C(=O)NC(C)CCC)c1cc(C)cc(C)c1. The van der Waals surface area contributed by atoms with Gasteiger partial charge in [0, 0.05) is 19.0 Å². The summed E-state index contributed by atoms with van der Waals surface area (Å²) in [6.45, 7) is 15.8. The lowest BCUT2D eigenvalue weighted by Crippen LogP contribution is -2.54. The van der Waals surface area contributed by atoms with Gasteiger partial charge in [0.05, 0.1) is 0 Å². The highest BCUT2D eigenvalue weighted by Crippen LogP contribution is 2.26. The second kappa shape index (κ2) is 15.4. The summed E-state index contributed by atoms with van der Waals surface area (Å²) in [5.74, 6) is -0.531. The van der Waals surface area contributed by atoms with E-state index in [4.69, 9.17) is 4.74 Å². The van der Waals surface area contributed by atoms with E-state index in [1.807, 2.05) is 63.2 Å². The number of benzene rings is 2. The number of alkyl carbamates (subject to hydrolysis) is 1. The summed E-state index contributed by atoms with van der Waals surface area (Å²) >= 11 is 0. The van der Waals surface area contributed by atoms with Crippen LogP contribution >= 0.6 is 0 Å². The molecule has 2 rings (SSSR count). The van der Waals surface area contributed by atoms with Crippen LogP contribution in [0.2, 0.25) is 0 Å². The summed E-state index contributed by atoms with van der Waals surface area (Å²) in [6.07, 6.45) is 2.95. The Bertz CT molecular complexity index is 1090. The molecule has 40 heavy (non-hydrogen) atoms. The molecule has 2 N–H and O–H groups in total. The molecule has 0 radical (unpaired) electrons. The molecule has 2 aromatic rings. The van der Waals surface area contributed by atoms with Gasteiger partial charge < -0.3 is 20.3 Å². The molecule has 7 heteroatoms. The van der Waals surface area contributed by atoms with Crippen LogP contribution in [-0.4, -0.2) is 47.0 Å². The quantitative estimate of drug-likeness (QED) is 0.301. The molecule has 3 unspecified atom stereocenters. The summed E-state index contributed by atoms with van der Waals surface area (Å²) in [6, 6.07) is 13.8. The zero-order valence-corrected chi connectivity index (χ0v) is 25.7. The molecule has 0 aromatic heterocycles. The summed E-state index contributed by atoms with van der Waals surface area (Å²) in [5, 5.41) is 5.97. The zero-order chi connectivity index (χ0) is 29.9. The van der Waals surface area contributed by atoms with Crippen LogP contribution in [0.3, 0.4) is 0 Å². The van der Waals surface area contributed by atoms with Gasteiger partial charge in [-0.1, -0.05) is 86.3 Å². The van der Waals surface area contributed by atoms with Gasteiger partial charge in [-0.25, -0.2) is 4.79 Å². The Balaban J connectivity index is 2.58. The maximum atomic E-state index is 14.4. The molecule has 2 aromatic carbocycles. The number of aryl methyl sites for hydroxylation is 2. The minimum atomic E-state index is -0.914. The van der Waals surface area contributed by atoms with Gasteiger partial charge in [0.1, 0.15) is 17.7 Å². The van der Waals surface area contributed by atoms with Crippen LogP contribution in [0.25, 0.3) is 0 Å². The van der Waals surface area contributed by atoms with E-state index >= 15 is 0 Å². The lowest BCUT2D eigenvalue weighted by atomic mass is 9.97. The summed E-state index contributed by atoms with van der Waals surface area (Å²) < 4.78 is 5.52. The number of amides is 3. The number of carbonyl (C=O) groups excluding carboxylic acids is 3. The number of carbonyl (C=O) groups is 3. The van der Waals surface area contributed by atoms with Crippen molar-refractivity contribution in [1.82, 2.24) is 15.5 Å². The molecule has 3 atom stereocenters. The molecule has 0 aliphatic heterocycles. The first-order valence-electron chi connectivity index (χ1n) is 14.6. The van der Waals surface area contributed by atoms with Crippen molar-refractivity contribution >= 4 is 17.9 Å². The molecule has 0 fully saturated rings. The summed E-state index contributed by atoms with van der Waals surface area (Å²) in [7, 11) is 0. The maximum absolute atomic E-state index is 14.4. The summed E-state index contributed by atoms with van der Waals surface area (Å²) in [4.78, 5) is 42.9. The predicted molar refractivity (Wildman–Crippen MR) is 161 cm³/mol. The molecule has 0 saturated carbocycles. The van der Waals surface area contributed by atoms with Crippen molar-refractivity contribution in [3.63, 3.8) is 0 Å². The molecule has 0 aliphatic rings. The minimum Gasteiger partial charge on any atom is -0.444 e. The van der Waals surface area contributed by atoms with Crippen molar-refractivity contribution in [3.05, 3.63) is 70.8 Å². The number of ether oxygens (including phenoxy) is 1. The van der Waals surface area contributed by atoms with Crippen molar-refractivity contribution < 1.29 is 19.1 Å². The smallest absolute Gasteiger partial charge is 0.408 e. The Hall–Kier alpha value is -3.35. The van der Waals surface area contributed by atoms with E-state index in [9.17, 15) is 14.4 Å². The molecule has 0 spiro atoms. The molecular formula is C33H49N3O4. The molecule has 0 heterocycles. The topological polar surface area (TPSA) is 87.7 Å². The van der Waals surface area contributed by atoms with Crippen LogP contribution in [0.5, 0.6) is 0 Å². The van der Waals surface area contributed by atoms with Gasteiger partial charge >= 0.3 is 6.09 Å². The Labute approximate surface area is 241 Å². The zero-order valence-electron chi connectivity index (χ0n) is 25.7. The molecule has 220 valence electrons. The largest absolute Gasteiger partial charge is 0.444 e. The maximum Gasteiger partial charge on any atom is 0.408 e. The number of hydrogen-bond acceptors (Lipinski definition) is 4. The van der Waals surface area contributed by atoms with E-state index in [-0.39, 0.29) is 24.3 Å². The van der Waals surface area contributed by atoms with Gasteiger partial charge in [-0.3, -0.25) is 9.59 Å². The van der Waals surface area contributed by atoms with Crippen molar-refractivity contribution in [3.8, 4) is 0 Å². The molecule has 3 amide bonds. The fraction of sp³-hybridized carbons (Fsp3) is 0.545. The van der Waals surface area contributed by atoms with Crippen molar-refractivity contribution in [2.45, 2.75) is 111 Å². The highest BCUT2D eigenvalue weighted by molar-refractivity contribution is 5.92. The number of hydrogen-bond donors (Lipinski definition) is 2. The Kier molecular flexibility index (Phi) is 12.7. The third-order valence-corrected chi connectivity index (χ3v) is 6.54. The molecule has 7 nitrogen and oxygen atoms in total. The minimum absolute atomic E-state index is 0.0333. The van der Waals surface area contributed by atoms with Crippen LogP contribution in [0.1, 0.15) is 95.5 Å². The second-order valence-electron chi connectivity index (χ2n) is 11.8. The average Bonchev–Trinajstić information content (AvgIpc) is 2.84. The number of unbranched alkanes of at least 4 members (excludes halogenated alkanes) is 1. The van der Waals surface area contributed by atoms with Gasteiger partial charge in [0.15, 0.2) is 0 Å². The second-order valence-corrected chi connectivity index (χ2v) is 11.8. The fourth-order valence-corrected chi connectivity index (χ4v) is 4.86. The fourth-order valence-electron chi connectivity index (χ4n) is 4.86. The third-order valence-electron chi connectivity index (χ3n) is 6.54. The number of nitrogens with one attached hydrogen (secondary N) is 2. The lowest BCUT2D eigenvalue weighted by molar-refractivity contribution is -0.142. The number of rotatable bonds is 13. The molecular weight excluding hydrogens is 502 g/mol. The predicted octanol–water partition coefficient (Wildman–Crippen LogP) is 6.41. The van der Waals surface area contributed by atoms with Crippen LogP contribution in [-0.2, 0) is 20.7 Å².